The summed E-state index contributed by atoms with van der Waals surface area (Å²) in [6.45, 7) is 6.92. The van der Waals surface area contributed by atoms with Crippen LogP contribution in [0.25, 0.3) is 0 Å². The highest BCUT2D eigenvalue weighted by Gasteiger charge is 2.14. The third kappa shape index (κ3) is 3.42. The number of nitrogens with two attached hydrogens (primary N) is 1. The maximum absolute atomic E-state index is 6.00. The van der Waals surface area contributed by atoms with Crippen LogP contribution in [0.1, 0.15) is 19.4 Å². The summed E-state index contributed by atoms with van der Waals surface area (Å²) >= 11 is 0. The van der Waals surface area contributed by atoms with Gasteiger partial charge in [0.25, 0.3) is 0 Å². The number of aryl methyl sites for hydroxylation is 1. The summed E-state index contributed by atoms with van der Waals surface area (Å²) in [7, 11) is 3.74. The van der Waals surface area contributed by atoms with Gasteiger partial charge in [-0.3, -0.25) is 0 Å². The Morgan fingerprint density at radius 3 is 2.44 bits per heavy atom. The minimum absolute atomic E-state index is 0.192. The number of hydrogen-bond donors (Lipinski definition) is 1. The highest BCUT2D eigenvalue weighted by molar-refractivity contribution is 5.52. The van der Waals surface area contributed by atoms with E-state index in [9.17, 15) is 0 Å². The molecule has 3 heteroatoms. The molecule has 0 radical (unpaired) electrons. The highest BCUT2D eigenvalue weighted by atomic mass is 16.5. The molecule has 0 atom stereocenters. The number of nitrogens with zero attached hydrogens (tertiary/aromatic N) is 1. The first kappa shape index (κ1) is 12.8. The molecule has 1 rings (SSSR count). The van der Waals surface area contributed by atoms with Crippen molar-refractivity contribution in [3.63, 3.8) is 0 Å². The number of methoxy groups -OCH3 is 1. The van der Waals surface area contributed by atoms with Gasteiger partial charge in [-0.2, -0.15) is 0 Å². The zero-order valence-corrected chi connectivity index (χ0v) is 10.9. The van der Waals surface area contributed by atoms with Gasteiger partial charge in [-0.25, -0.2) is 0 Å². The predicted octanol–water partition coefficient (Wildman–Crippen LogP) is 2.18. The summed E-state index contributed by atoms with van der Waals surface area (Å²) in [5, 5.41) is 0. The van der Waals surface area contributed by atoms with E-state index in [2.05, 4.69) is 24.1 Å². The van der Waals surface area contributed by atoms with E-state index < -0.39 is 0 Å². The Balaban J connectivity index is 2.85. The maximum atomic E-state index is 6.00. The first-order valence-electron chi connectivity index (χ1n) is 5.48. The summed E-state index contributed by atoms with van der Waals surface area (Å²) in [6.07, 6.45) is 0. The summed E-state index contributed by atoms with van der Waals surface area (Å²) in [5.74, 6) is 0.921. The van der Waals surface area contributed by atoms with Gasteiger partial charge in [-0.05, 0) is 44.5 Å². The molecule has 0 saturated carbocycles. The average Bonchev–Trinajstić information content (AvgIpc) is 2.15. The van der Waals surface area contributed by atoms with E-state index in [0.717, 1.165) is 23.5 Å². The molecule has 0 bridgehead atoms. The molecule has 90 valence electrons. The van der Waals surface area contributed by atoms with Crippen LogP contribution in [-0.2, 0) is 0 Å². The Kier molecular flexibility index (Phi) is 3.81. The molecule has 16 heavy (non-hydrogen) atoms. The third-order valence-electron chi connectivity index (χ3n) is 2.46. The Labute approximate surface area is 98.2 Å². The minimum Gasteiger partial charge on any atom is -0.496 e. The SMILES string of the molecule is COc1ccc(N(C)CC(C)(C)N)cc1C. The van der Waals surface area contributed by atoms with Crippen molar-refractivity contribution in [2.45, 2.75) is 26.3 Å². The molecule has 0 amide bonds. The molecule has 0 fully saturated rings. The standard InChI is InChI=1S/C13H22N2O/c1-10-8-11(6-7-12(10)16-5)15(4)9-13(2,3)14/h6-8H,9,14H2,1-5H3. The second-order valence-electron chi connectivity index (χ2n) is 5.00. The molecule has 0 aromatic heterocycles. The monoisotopic (exact) mass is 222 g/mol. The number of hydrogen-bond acceptors (Lipinski definition) is 3. The fraction of sp³-hybridized carbons (Fsp3) is 0.538. The van der Waals surface area contributed by atoms with Gasteiger partial charge >= 0.3 is 0 Å². The van der Waals surface area contributed by atoms with Crippen LogP contribution >= 0.6 is 0 Å². The first-order chi connectivity index (χ1) is 7.33. The summed E-state index contributed by atoms with van der Waals surface area (Å²) in [6, 6.07) is 6.16. The van der Waals surface area contributed by atoms with Gasteiger partial charge < -0.3 is 15.4 Å². The Hall–Kier alpha value is -1.22. The van der Waals surface area contributed by atoms with Crippen LogP contribution < -0.4 is 15.4 Å². The molecule has 0 aliphatic heterocycles. The summed E-state index contributed by atoms with van der Waals surface area (Å²) in [5.41, 5.74) is 8.11. The lowest BCUT2D eigenvalue weighted by Gasteiger charge is -2.28. The highest BCUT2D eigenvalue weighted by Crippen LogP contribution is 2.24. The van der Waals surface area contributed by atoms with Crippen LogP contribution in [0.3, 0.4) is 0 Å². The van der Waals surface area contributed by atoms with E-state index in [1.54, 1.807) is 7.11 Å². The Morgan fingerprint density at radius 1 is 1.38 bits per heavy atom. The van der Waals surface area contributed by atoms with Gasteiger partial charge in [-0.1, -0.05) is 0 Å². The molecule has 2 N–H and O–H groups in total. The number of ether oxygens (including phenoxy) is 1. The largest absolute Gasteiger partial charge is 0.496 e. The zero-order valence-electron chi connectivity index (χ0n) is 10.9. The van der Waals surface area contributed by atoms with Gasteiger partial charge in [0.15, 0.2) is 0 Å². The van der Waals surface area contributed by atoms with Gasteiger partial charge in [0, 0.05) is 24.8 Å². The molecule has 0 aliphatic rings. The van der Waals surface area contributed by atoms with E-state index in [-0.39, 0.29) is 5.54 Å². The molecule has 0 saturated heterocycles. The van der Waals surface area contributed by atoms with Crippen LogP contribution in [0.5, 0.6) is 5.75 Å². The van der Waals surface area contributed by atoms with Crippen LogP contribution in [-0.4, -0.2) is 26.2 Å². The van der Waals surface area contributed by atoms with Crippen molar-refractivity contribution in [2.24, 2.45) is 5.73 Å². The van der Waals surface area contributed by atoms with Crippen molar-refractivity contribution >= 4 is 5.69 Å². The molecule has 0 aliphatic carbocycles. The Morgan fingerprint density at radius 2 is 2.00 bits per heavy atom. The van der Waals surface area contributed by atoms with Crippen molar-refractivity contribution in [2.75, 3.05) is 25.6 Å². The van der Waals surface area contributed by atoms with Gasteiger partial charge in [0.05, 0.1) is 7.11 Å². The van der Waals surface area contributed by atoms with Crippen molar-refractivity contribution in [3.8, 4) is 5.75 Å². The van der Waals surface area contributed by atoms with Gasteiger partial charge in [0.1, 0.15) is 5.75 Å². The number of rotatable bonds is 4. The van der Waals surface area contributed by atoms with E-state index in [0.29, 0.717) is 0 Å². The van der Waals surface area contributed by atoms with E-state index in [1.807, 2.05) is 26.8 Å². The molecule has 0 heterocycles. The van der Waals surface area contributed by atoms with E-state index in [1.165, 1.54) is 0 Å². The minimum atomic E-state index is -0.192. The molecule has 3 nitrogen and oxygen atoms in total. The lowest BCUT2D eigenvalue weighted by molar-refractivity contribution is 0.411. The third-order valence-corrected chi connectivity index (χ3v) is 2.46. The number of benzene rings is 1. The molecular formula is C13H22N2O. The van der Waals surface area contributed by atoms with Crippen LogP contribution in [0.4, 0.5) is 5.69 Å². The van der Waals surface area contributed by atoms with E-state index >= 15 is 0 Å². The maximum Gasteiger partial charge on any atom is 0.121 e. The molecule has 0 unspecified atom stereocenters. The lowest BCUT2D eigenvalue weighted by atomic mass is 10.1. The van der Waals surface area contributed by atoms with Crippen molar-refractivity contribution in [1.29, 1.82) is 0 Å². The first-order valence-corrected chi connectivity index (χ1v) is 5.48. The second kappa shape index (κ2) is 4.74. The van der Waals surface area contributed by atoms with Crippen molar-refractivity contribution in [1.82, 2.24) is 0 Å². The summed E-state index contributed by atoms with van der Waals surface area (Å²) < 4.78 is 5.24. The predicted molar refractivity (Wildman–Crippen MR) is 69.3 cm³/mol. The van der Waals surface area contributed by atoms with Gasteiger partial charge in [-0.15, -0.1) is 0 Å². The zero-order chi connectivity index (χ0) is 12.3. The molecule has 0 spiro atoms. The second-order valence-corrected chi connectivity index (χ2v) is 5.00. The normalized spacial score (nSPS) is 11.4. The number of anilines is 1. The number of likely N-dealkylation sites (N-methyl/N-ethyl adjacent to an activating group) is 1. The van der Waals surface area contributed by atoms with E-state index in [4.69, 9.17) is 10.5 Å². The van der Waals surface area contributed by atoms with Crippen LogP contribution in [0.2, 0.25) is 0 Å². The topological polar surface area (TPSA) is 38.5 Å². The van der Waals surface area contributed by atoms with Gasteiger partial charge in [0.2, 0.25) is 0 Å². The molecule has 1 aromatic carbocycles. The fourth-order valence-corrected chi connectivity index (χ4v) is 1.80. The average molecular weight is 222 g/mol. The lowest BCUT2D eigenvalue weighted by Crippen LogP contribution is -2.44. The van der Waals surface area contributed by atoms with Crippen LogP contribution in [0, 0.1) is 6.92 Å². The summed E-state index contributed by atoms with van der Waals surface area (Å²) in [4.78, 5) is 2.16. The van der Waals surface area contributed by atoms with Crippen LogP contribution in [0.15, 0.2) is 18.2 Å². The molecule has 1 aromatic rings. The Bertz CT molecular complexity index is 355. The van der Waals surface area contributed by atoms with Crippen molar-refractivity contribution in [3.05, 3.63) is 23.8 Å². The smallest absolute Gasteiger partial charge is 0.121 e. The van der Waals surface area contributed by atoms with Crippen molar-refractivity contribution < 1.29 is 4.74 Å². The quantitative estimate of drug-likeness (QED) is 0.848. The fourth-order valence-electron chi connectivity index (χ4n) is 1.80. The molecular weight excluding hydrogens is 200 g/mol.